The third-order valence-electron chi connectivity index (χ3n) is 1.44. The van der Waals surface area contributed by atoms with Crippen LogP contribution >= 0.6 is 8.19 Å². The fraction of sp³-hybridized carbons (Fsp3) is 0.333. The van der Waals surface area contributed by atoms with Gasteiger partial charge in [0.1, 0.15) is 0 Å². The summed E-state index contributed by atoms with van der Waals surface area (Å²) in [5.41, 5.74) is 3.02. The Labute approximate surface area is 69.3 Å². The van der Waals surface area contributed by atoms with Crippen LogP contribution in [-0.4, -0.2) is 0 Å². The smallest absolute Gasteiger partial charge is 1.00 e. The van der Waals surface area contributed by atoms with Crippen LogP contribution in [-0.2, 0) is 24.4 Å². The predicted molar refractivity (Wildman–Crippen MR) is 37.3 cm³/mol. The zero-order chi connectivity index (χ0) is 6.15. The molecular formula is C6H10PSc. The van der Waals surface area contributed by atoms with Crippen LogP contribution in [0, 0.1) is 13.8 Å². The van der Waals surface area contributed by atoms with Crippen molar-refractivity contribution in [1.29, 1.82) is 0 Å². The molecular weight excluding hydrogens is 148 g/mol. The normalized spacial score (nSPS) is 11.0. The van der Waals surface area contributed by atoms with Crippen molar-refractivity contribution >= 4 is 11.2 Å². The maximum absolute atomic E-state index is 2.33. The Balaban J connectivity index is 0. The summed E-state index contributed by atoms with van der Waals surface area (Å²) in [6.07, 6.45) is 0. The summed E-state index contributed by atoms with van der Waals surface area (Å²) < 4.78 is 1.62. The topological polar surface area (TPSA) is 0 Å². The molecule has 42 valence electrons. The van der Waals surface area contributed by atoms with Gasteiger partial charge >= 0.3 is 66.4 Å². The van der Waals surface area contributed by atoms with Gasteiger partial charge in [-0.05, 0) is 0 Å². The molecule has 0 spiro atoms. The Morgan fingerprint density at radius 3 is 2.38 bits per heavy atom. The SMILES string of the molecule is Cc1c[pH][c]([Sc+2])c1C.[H-].[H-]. The summed E-state index contributed by atoms with van der Waals surface area (Å²) in [4.78, 5) is 0. The third kappa shape index (κ3) is 1.14. The fourth-order valence-corrected chi connectivity index (χ4v) is 2.36. The van der Waals surface area contributed by atoms with E-state index < -0.39 is 0 Å². The van der Waals surface area contributed by atoms with E-state index in [0.29, 0.717) is 0 Å². The molecule has 1 aromatic heterocycles. The van der Waals surface area contributed by atoms with E-state index in [0.717, 1.165) is 8.19 Å². The second kappa shape index (κ2) is 2.49. The van der Waals surface area contributed by atoms with Gasteiger partial charge in [-0.1, -0.05) is 0 Å². The van der Waals surface area contributed by atoms with Crippen LogP contribution in [0.3, 0.4) is 0 Å². The standard InChI is InChI=1S/C6H8P.Sc.2H/c1-5-3-7-4-6(5)2;;;/h3,7H,1-2H3;;;/q;+2;2*-1. The van der Waals surface area contributed by atoms with Gasteiger partial charge in [-0.2, -0.15) is 0 Å². The predicted octanol–water partition coefficient (Wildman–Crippen LogP) is 1.73. The van der Waals surface area contributed by atoms with Crippen molar-refractivity contribution in [3.8, 4) is 0 Å². The number of rotatable bonds is 0. The van der Waals surface area contributed by atoms with Crippen molar-refractivity contribution in [2.24, 2.45) is 0 Å². The molecule has 0 aliphatic heterocycles. The van der Waals surface area contributed by atoms with Crippen molar-refractivity contribution in [3.63, 3.8) is 0 Å². The molecule has 1 aromatic rings. The minimum atomic E-state index is 0. The van der Waals surface area contributed by atoms with Crippen LogP contribution < -0.4 is 3.05 Å². The molecule has 0 nitrogen and oxygen atoms in total. The Morgan fingerprint density at radius 1 is 1.62 bits per heavy atom. The van der Waals surface area contributed by atoms with E-state index in [1.165, 1.54) is 11.1 Å². The Hall–Kier alpha value is 0.650. The van der Waals surface area contributed by atoms with E-state index in [9.17, 15) is 0 Å². The van der Waals surface area contributed by atoms with Gasteiger partial charge in [-0.25, -0.2) is 0 Å². The van der Waals surface area contributed by atoms with Gasteiger partial charge in [0.25, 0.3) is 0 Å². The molecule has 0 aliphatic rings. The summed E-state index contributed by atoms with van der Waals surface area (Å²) in [5.74, 6) is 2.33. The minimum absolute atomic E-state index is 0. The maximum Gasteiger partial charge on any atom is -1.00 e. The van der Waals surface area contributed by atoms with Crippen molar-refractivity contribution in [3.05, 3.63) is 16.9 Å². The number of hydrogen-bond donors (Lipinski definition) is 0. The van der Waals surface area contributed by atoms with Gasteiger partial charge in [0.2, 0.25) is 0 Å². The van der Waals surface area contributed by atoms with Gasteiger partial charge < -0.3 is 2.85 Å². The van der Waals surface area contributed by atoms with Crippen LogP contribution in [0.2, 0.25) is 0 Å². The number of hydrogen-bond acceptors (Lipinski definition) is 0. The van der Waals surface area contributed by atoms with Crippen LogP contribution in [0.25, 0.3) is 0 Å². The molecule has 1 rings (SSSR count). The van der Waals surface area contributed by atoms with Gasteiger partial charge in [-0.3, -0.25) is 0 Å². The molecule has 0 aromatic carbocycles. The molecule has 0 amide bonds. The molecule has 0 radical (unpaired) electrons. The molecule has 2 heteroatoms. The van der Waals surface area contributed by atoms with E-state index >= 15 is 0 Å². The van der Waals surface area contributed by atoms with E-state index in [2.05, 4.69) is 19.6 Å². The van der Waals surface area contributed by atoms with Crippen molar-refractivity contribution in [1.82, 2.24) is 0 Å². The summed E-state index contributed by atoms with van der Waals surface area (Å²) in [6.45, 7) is 4.40. The Kier molecular flexibility index (Phi) is 2.11. The maximum atomic E-state index is 2.33. The largest absolute Gasteiger partial charge is 1.00 e. The molecule has 0 saturated carbocycles. The quantitative estimate of drug-likeness (QED) is 0.539. The molecule has 1 unspecified atom stereocenters. The first-order chi connectivity index (χ1) is 3.72. The van der Waals surface area contributed by atoms with Gasteiger partial charge in [-0.15, -0.1) is 0 Å². The fourth-order valence-electron chi connectivity index (χ4n) is 0.615. The van der Waals surface area contributed by atoms with Crippen LogP contribution in [0.15, 0.2) is 5.80 Å². The Morgan fingerprint density at radius 2 is 2.25 bits per heavy atom. The molecule has 0 saturated heterocycles. The zero-order valence-electron chi connectivity index (χ0n) is 7.15. The van der Waals surface area contributed by atoms with E-state index in [1.54, 1.807) is 27.4 Å². The molecule has 0 N–H and O–H groups in total. The summed E-state index contributed by atoms with van der Waals surface area (Å²) in [7, 11) is 0.988. The van der Waals surface area contributed by atoms with Crippen LogP contribution in [0.4, 0.5) is 0 Å². The Bertz CT molecular complexity index is 178. The van der Waals surface area contributed by atoms with Gasteiger partial charge in [0.15, 0.2) is 0 Å². The van der Waals surface area contributed by atoms with Crippen molar-refractivity contribution in [2.45, 2.75) is 13.8 Å². The van der Waals surface area contributed by atoms with Crippen LogP contribution in [0.1, 0.15) is 14.0 Å². The number of aryl methyl sites for hydroxylation is 1. The summed E-state index contributed by atoms with van der Waals surface area (Å²) in [6, 6.07) is 0. The molecule has 0 bridgehead atoms. The molecule has 0 aliphatic carbocycles. The first kappa shape index (κ1) is 6.77. The van der Waals surface area contributed by atoms with Crippen LogP contribution in [0.5, 0.6) is 0 Å². The molecule has 8 heavy (non-hydrogen) atoms. The van der Waals surface area contributed by atoms with Gasteiger partial charge in [0, 0.05) is 0 Å². The first-order valence-corrected chi connectivity index (χ1v) is 4.59. The minimum Gasteiger partial charge on any atom is -1.00 e. The molecule has 1 heterocycles. The van der Waals surface area contributed by atoms with E-state index in [4.69, 9.17) is 0 Å². The average molecular weight is 158 g/mol. The van der Waals surface area contributed by atoms with Gasteiger partial charge in [0.05, 0.1) is 0 Å². The van der Waals surface area contributed by atoms with E-state index in [1.807, 2.05) is 0 Å². The average Bonchev–Trinajstić information content (AvgIpc) is 1.98. The molecule has 0 fully saturated rings. The second-order valence-electron chi connectivity index (χ2n) is 2.01. The monoisotopic (exact) mass is 158 g/mol. The zero-order valence-corrected chi connectivity index (χ0v) is 7.96. The van der Waals surface area contributed by atoms with E-state index in [-0.39, 0.29) is 2.85 Å². The molecule has 1 atom stereocenters. The second-order valence-corrected chi connectivity index (χ2v) is 4.93. The summed E-state index contributed by atoms with van der Waals surface area (Å²) in [5, 5.41) is 0. The third-order valence-corrected chi connectivity index (χ3v) is 4.16. The van der Waals surface area contributed by atoms with Crippen molar-refractivity contribution in [2.75, 3.05) is 0 Å². The van der Waals surface area contributed by atoms with Crippen molar-refractivity contribution < 1.29 is 27.2 Å². The first-order valence-electron chi connectivity index (χ1n) is 2.62. The summed E-state index contributed by atoms with van der Waals surface area (Å²) >= 11 is 1.78.